The number of non-ortho nitro benzene ring substituents is 1. The number of hydrogen-bond donors (Lipinski definition) is 2. The van der Waals surface area contributed by atoms with Gasteiger partial charge in [-0.3, -0.25) is 14.9 Å². The molecule has 0 spiro atoms. The van der Waals surface area contributed by atoms with Crippen molar-refractivity contribution in [1.82, 2.24) is 0 Å². The topological polar surface area (TPSA) is 107 Å². The first-order valence-electron chi connectivity index (χ1n) is 6.05. The predicted molar refractivity (Wildman–Crippen MR) is 75.7 cm³/mol. The Labute approximate surface area is 117 Å². The van der Waals surface area contributed by atoms with Gasteiger partial charge >= 0.3 is 0 Å². The summed E-state index contributed by atoms with van der Waals surface area (Å²) >= 11 is 0. The van der Waals surface area contributed by atoms with E-state index in [1.54, 1.807) is 0 Å². The van der Waals surface area contributed by atoms with E-state index in [1.807, 2.05) is 20.8 Å². The molecular formula is C13H19N3O4. The van der Waals surface area contributed by atoms with Crippen LogP contribution < -0.4 is 15.8 Å². The monoisotopic (exact) mass is 281 g/mol. The van der Waals surface area contributed by atoms with E-state index in [1.165, 1.54) is 25.3 Å². The second-order valence-electron chi connectivity index (χ2n) is 5.47. The maximum Gasteiger partial charge on any atom is 0.271 e. The van der Waals surface area contributed by atoms with Crippen LogP contribution in [0, 0.1) is 15.5 Å². The third kappa shape index (κ3) is 3.67. The Hall–Kier alpha value is -2.15. The van der Waals surface area contributed by atoms with Gasteiger partial charge in [-0.15, -0.1) is 0 Å². The number of carbonyl (C=O) groups excluding carboxylic acids is 1. The number of anilines is 1. The van der Waals surface area contributed by atoms with E-state index in [0.29, 0.717) is 5.75 Å². The lowest BCUT2D eigenvalue weighted by molar-refractivity contribution is -0.384. The summed E-state index contributed by atoms with van der Waals surface area (Å²) in [6.45, 7) is 5.51. The largest absolute Gasteiger partial charge is 0.495 e. The molecule has 0 unspecified atom stereocenters. The number of methoxy groups -OCH3 is 1. The Morgan fingerprint density at radius 1 is 1.45 bits per heavy atom. The van der Waals surface area contributed by atoms with Gasteiger partial charge < -0.3 is 15.8 Å². The van der Waals surface area contributed by atoms with Gasteiger partial charge in [-0.25, -0.2) is 0 Å². The average molecular weight is 281 g/mol. The number of nitrogens with zero attached hydrogens (tertiary/aromatic N) is 1. The first kappa shape index (κ1) is 15.9. The highest BCUT2D eigenvalue weighted by Crippen LogP contribution is 2.29. The molecule has 0 saturated carbocycles. The number of rotatable bonds is 4. The van der Waals surface area contributed by atoms with Crippen LogP contribution >= 0.6 is 0 Å². The number of amides is 1. The second kappa shape index (κ2) is 5.87. The lowest BCUT2D eigenvalue weighted by Gasteiger charge is -2.26. The minimum absolute atomic E-state index is 0.134. The standard InChI is InChI=1S/C13H19N3O4/c1-13(2,3)11(14)12(17)15-9-7-8(16(18)19)5-6-10(9)20-4/h5-7,11H,14H2,1-4H3,(H,15,17)/t11-/m1/s1. The molecule has 3 N–H and O–H groups in total. The molecule has 1 amide bonds. The molecule has 0 radical (unpaired) electrons. The second-order valence-corrected chi connectivity index (χ2v) is 5.47. The zero-order chi connectivity index (χ0) is 15.5. The summed E-state index contributed by atoms with van der Waals surface area (Å²) in [6.07, 6.45) is 0. The maximum absolute atomic E-state index is 12.0. The third-order valence-electron chi connectivity index (χ3n) is 2.87. The van der Waals surface area contributed by atoms with E-state index in [0.717, 1.165) is 0 Å². The molecule has 0 heterocycles. The molecule has 1 atom stereocenters. The van der Waals surface area contributed by atoms with Gasteiger partial charge in [0, 0.05) is 12.1 Å². The first-order valence-corrected chi connectivity index (χ1v) is 6.05. The van der Waals surface area contributed by atoms with Crippen LogP contribution in [0.1, 0.15) is 20.8 Å². The highest BCUT2D eigenvalue weighted by atomic mass is 16.6. The van der Waals surface area contributed by atoms with Gasteiger partial charge in [0.2, 0.25) is 5.91 Å². The first-order chi connectivity index (χ1) is 9.16. The number of benzene rings is 1. The van der Waals surface area contributed by atoms with Gasteiger partial charge in [0.15, 0.2) is 0 Å². The molecule has 0 bridgehead atoms. The lowest BCUT2D eigenvalue weighted by Crippen LogP contribution is -2.45. The molecule has 1 aromatic carbocycles. The van der Waals surface area contributed by atoms with Gasteiger partial charge in [0.1, 0.15) is 5.75 Å². The number of nitro groups is 1. The number of nitro benzene ring substituents is 1. The molecule has 0 aliphatic rings. The van der Waals surface area contributed by atoms with Gasteiger partial charge in [0.05, 0.1) is 23.8 Å². The molecule has 1 aromatic rings. The van der Waals surface area contributed by atoms with Crippen LogP contribution in [-0.4, -0.2) is 24.0 Å². The Kier molecular flexibility index (Phi) is 4.67. The van der Waals surface area contributed by atoms with E-state index < -0.39 is 22.3 Å². The molecule has 0 fully saturated rings. The average Bonchev–Trinajstić information content (AvgIpc) is 2.36. The molecule has 110 valence electrons. The van der Waals surface area contributed by atoms with E-state index in [2.05, 4.69) is 5.32 Å². The van der Waals surface area contributed by atoms with Gasteiger partial charge in [-0.2, -0.15) is 0 Å². The molecular weight excluding hydrogens is 262 g/mol. The van der Waals surface area contributed by atoms with Crippen molar-refractivity contribution in [3.63, 3.8) is 0 Å². The lowest BCUT2D eigenvalue weighted by atomic mass is 9.87. The van der Waals surface area contributed by atoms with Crippen molar-refractivity contribution >= 4 is 17.3 Å². The van der Waals surface area contributed by atoms with Gasteiger partial charge in [-0.1, -0.05) is 20.8 Å². The van der Waals surface area contributed by atoms with Crippen molar-refractivity contribution in [1.29, 1.82) is 0 Å². The van der Waals surface area contributed by atoms with Gasteiger partial charge in [-0.05, 0) is 11.5 Å². The molecule has 7 nitrogen and oxygen atoms in total. The van der Waals surface area contributed by atoms with Crippen molar-refractivity contribution < 1.29 is 14.5 Å². The summed E-state index contributed by atoms with van der Waals surface area (Å²) in [5.41, 5.74) is 5.52. The fourth-order valence-corrected chi connectivity index (χ4v) is 1.51. The number of hydrogen-bond acceptors (Lipinski definition) is 5. The normalized spacial score (nSPS) is 12.7. The van der Waals surface area contributed by atoms with Gasteiger partial charge in [0.25, 0.3) is 5.69 Å². The van der Waals surface area contributed by atoms with Crippen LogP contribution in [0.15, 0.2) is 18.2 Å². The maximum atomic E-state index is 12.0. The number of nitrogens with one attached hydrogen (secondary N) is 1. The van der Waals surface area contributed by atoms with Crippen LogP contribution in [0.3, 0.4) is 0 Å². The fraction of sp³-hybridized carbons (Fsp3) is 0.462. The van der Waals surface area contributed by atoms with E-state index in [-0.39, 0.29) is 11.4 Å². The summed E-state index contributed by atoms with van der Waals surface area (Å²) in [4.78, 5) is 22.3. The minimum atomic E-state index is -0.744. The number of ether oxygens (including phenoxy) is 1. The summed E-state index contributed by atoms with van der Waals surface area (Å²) < 4.78 is 5.07. The minimum Gasteiger partial charge on any atom is -0.495 e. The fourth-order valence-electron chi connectivity index (χ4n) is 1.51. The zero-order valence-electron chi connectivity index (χ0n) is 12.0. The molecule has 0 aliphatic heterocycles. The van der Waals surface area contributed by atoms with Crippen LogP contribution in [-0.2, 0) is 4.79 Å². The van der Waals surface area contributed by atoms with Crippen molar-refractivity contribution in [2.45, 2.75) is 26.8 Å². The Morgan fingerprint density at radius 2 is 2.05 bits per heavy atom. The smallest absolute Gasteiger partial charge is 0.271 e. The molecule has 1 rings (SSSR count). The SMILES string of the molecule is COc1ccc([N+](=O)[O-])cc1NC(=O)[C@@H](N)C(C)(C)C. The highest BCUT2D eigenvalue weighted by molar-refractivity contribution is 5.96. The molecule has 0 aromatic heterocycles. The van der Waals surface area contributed by atoms with Crippen molar-refractivity contribution in [3.05, 3.63) is 28.3 Å². The quantitative estimate of drug-likeness (QED) is 0.647. The van der Waals surface area contributed by atoms with Crippen molar-refractivity contribution in [2.75, 3.05) is 12.4 Å². The number of carbonyl (C=O) groups is 1. The molecule has 0 saturated heterocycles. The number of nitrogens with two attached hydrogens (primary N) is 1. The van der Waals surface area contributed by atoms with Crippen LogP contribution in [0.25, 0.3) is 0 Å². The van der Waals surface area contributed by atoms with E-state index in [4.69, 9.17) is 10.5 Å². The summed E-state index contributed by atoms with van der Waals surface area (Å²) in [5.74, 6) is -0.0821. The molecule has 7 heteroatoms. The van der Waals surface area contributed by atoms with E-state index in [9.17, 15) is 14.9 Å². The zero-order valence-corrected chi connectivity index (χ0v) is 12.0. The van der Waals surface area contributed by atoms with Crippen LogP contribution in [0.2, 0.25) is 0 Å². The van der Waals surface area contributed by atoms with E-state index >= 15 is 0 Å². The van der Waals surface area contributed by atoms with Crippen LogP contribution in [0.5, 0.6) is 5.75 Å². The Bertz CT molecular complexity index is 523. The summed E-state index contributed by atoms with van der Waals surface area (Å²) in [6, 6.07) is 3.23. The highest BCUT2D eigenvalue weighted by Gasteiger charge is 2.28. The summed E-state index contributed by atoms with van der Waals surface area (Å²) in [7, 11) is 1.42. The molecule has 20 heavy (non-hydrogen) atoms. The molecule has 0 aliphatic carbocycles. The predicted octanol–water partition coefficient (Wildman–Crippen LogP) is 1.92. The summed E-state index contributed by atoms with van der Waals surface area (Å²) in [5, 5.41) is 13.3. The van der Waals surface area contributed by atoms with Crippen molar-refractivity contribution in [2.24, 2.45) is 11.1 Å². The van der Waals surface area contributed by atoms with Crippen molar-refractivity contribution in [3.8, 4) is 5.75 Å². The Balaban J connectivity index is 3.04. The Morgan fingerprint density at radius 3 is 2.50 bits per heavy atom. The van der Waals surface area contributed by atoms with Crippen LogP contribution in [0.4, 0.5) is 11.4 Å². The third-order valence-corrected chi connectivity index (χ3v) is 2.87.